The molecule has 0 saturated carbocycles. The van der Waals surface area contributed by atoms with Crippen LogP contribution in [0, 0.1) is 0 Å². The van der Waals surface area contributed by atoms with Gasteiger partial charge in [-0.3, -0.25) is 4.57 Å². The minimum absolute atomic E-state index is 0. The van der Waals surface area contributed by atoms with Gasteiger partial charge in [-0.1, -0.05) is 13.3 Å². The summed E-state index contributed by atoms with van der Waals surface area (Å²) in [7, 11) is -5.42. The number of phosphoric acid groups is 1. The van der Waals surface area contributed by atoms with Crippen LogP contribution >= 0.6 is 7.82 Å². The van der Waals surface area contributed by atoms with Gasteiger partial charge in [-0.05, 0) is 6.42 Å². The summed E-state index contributed by atoms with van der Waals surface area (Å²) in [6, 6.07) is 0. The van der Waals surface area contributed by atoms with Crippen molar-refractivity contribution in [2.45, 2.75) is 62.0 Å². The maximum absolute atomic E-state index is 13.4. The smallest absolute Gasteiger partial charge is 0.756 e. The minimum Gasteiger partial charge on any atom is -0.756 e. The van der Waals surface area contributed by atoms with Gasteiger partial charge in [0.05, 0.1) is 13.2 Å². The van der Waals surface area contributed by atoms with E-state index in [1.165, 1.54) is 0 Å². The van der Waals surface area contributed by atoms with Gasteiger partial charge in [0.1, 0.15) is 0 Å². The van der Waals surface area contributed by atoms with Gasteiger partial charge < -0.3 is 13.9 Å². The normalized spacial score (nSPS) is 16.6. The van der Waals surface area contributed by atoms with Crippen molar-refractivity contribution >= 4 is 7.82 Å². The Kier molecular flexibility index (Phi) is 11.5. The quantitative estimate of drug-likeness (QED) is 0.171. The Balaban J connectivity index is 0. The molecule has 0 heterocycles. The van der Waals surface area contributed by atoms with Gasteiger partial charge in [0.15, 0.2) is 0 Å². The molecule has 0 spiro atoms. The molecular formula is C12H13F13NaO4P. The van der Waals surface area contributed by atoms with E-state index in [4.69, 9.17) is 0 Å². The average molecular weight is 522 g/mol. The molecule has 1 unspecified atom stereocenters. The number of alkyl halides is 13. The van der Waals surface area contributed by atoms with Gasteiger partial charge in [-0.2, -0.15) is 57.1 Å². The van der Waals surface area contributed by atoms with Gasteiger partial charge >= 0.3 is 65.3 Å². The van der Waals surface area contributed by atoms with E-state index in [-0.39, 0.29) is 36.0 Å². The molecule has 0 aromatic heterocycles. The molecule has 31 heavy (non-hydrogen) atoms. The fraction of sp³-hybridized carbons (Fsp3) is 1.00. The van der Waals surface area contributed by atoms with Crippen LogP contribution < -0.4 is 34.5 Å². The molecule has 0 aromatic rings. The molecule has 0 radical (unpaired) electrons. The third kappa shape index (κ3) is 6.85. The number of unbranched alkanes of at least 4 members (excludes halogenated alkanes) is 1. The number of halogens is 13. The number of hydrogen-bond acceptors (Lipinski definition) is 4. The molecule has 0 aliphatic carbocycles. The molecule has 1 atom stereocenters. The third-order valence-corrected chi connectivity index (χ3v) is 4.41. The van der Waals surface area contributed by atoms with Gasteiger partial charge in [0, 0.05) is 6.42 Å². The van der Waals surface area contributed by atoms with E-state index in [0.717, 1.165) is 0 Å². The molecule has 182 valence electrons. The fourth-order valence-electron chi connectivity index (χ4n) is 1.60. The first kappa shape index (κ1) is 33.4. The molecule has 0 aliphatic heterocycles. The van der Waals surface area contributed by atoms with Crippen molar-refractivity contribution in [1.29, 1.82) is 0 Å². The summed E-state index contributed by atoms with van der Waals surface area (Å²) in [5.41, 5.74) is 0. The molecule has 0 aromatic carbocycles. The van der Waals surface area contributed by atoms with Crippen molar-refractivity contribution in [3.63, 3.8) is 0 Å². The zero-order chi connectivity index (χ0) is 24.4. The van der Waals surface area contributed by atoms with E-state index in [0.29, 0.717) is 6.42 Å². The Bertz CT molecular complexity index is 626. The third-order valence-electron chi connectivity index (χ3n) is 3.41. The number of phosphoric ester groups is 1. The topological polar surface area (TPSA) is 58.6 Å². The van der Waals surface area contributed by atoms with Crippen LogP contribution in [0.5, 0.6) is 0 Å². The Morgan fingerprint density at radius 1 is 0.710 bits per heavy atom. The summed E-state index contributed by atoms with van der Waals surface area (Å²) in [6.45, 7) is -1.08. The zero-order valence-electron chi connectivity index (χ0n) is 15.5. The summed E-state index contributed by atoms with van der Waals surface area (Å²) in [4.78, 5) is 11.1. The van der Waals surface area contributed by atoms with E-state index in [2.05, 4.69) is 9.05 Å². The Morgan fingerprint density at radius 2 is 1.10 bits per heavy atom. The maximum atomic E-state index is 13.4. The van der Waals surface area contributed by atoms with Crippen LogP contribution in [-0.2, 0) is 13.6 Å². The van der Waals surface area contributed by atoms with Crippen LogP contribution in [0.4, 0.5) is 57.1 Å². The molecule has 0 saturated heterocycles. The van der Waals surface area contributed by atoms with E-state index >= 15 is 0 Å². The molecule has 0 fully saturated rings. The standard InChI is InChI=1S/C12H14F13O4P.Na/c1-2-3-5-28-30(26,27)29-6-4-7(13,14)8(15,16)9(17,18)10(19,20)11(21,22)12(23,24)25;/h2-6H2,1H3,(H,26,27);/q;+1/p-1. The van der Waals surface area contributed by atoms with Crippen LogP contribution in [-0.4, -0.2) is 49.0 Å². The molecule has 0 bridgehead atoms. The van der Waals surface area contributed by atoms with Crippen molar-refractivity contribution in [1.82, 2.24) is 0 Å². The van der Waals surface area contributed by atoms with Crippen LogP contribution in [0.2, 0.25) is 0 Å². The molecule has 0 aliphatic rings. The van der Waals surface area contributed by atoms with Gasteiger partial charge in [0.25, 0.3) is 7.82 Å². The number of hydrogen-bond donors (Lipinski definition) is 0. The van der Waals surface area contributed by atoms with E-state index in [9.17, 15) is 66.5 Å². The molecule has 0 amide bonds. The predicted molar refractivity (Wildman–Crippen MR) is 69.8 cm³/mol. The molecular weight excluding hydrogens is 509 g/mol. The molecule has 0 N–H and O–H groups in total. The molecule has 19 heteroatoms. The zero-order valence-corrected chi connectivity index (χ0v) is 18.4. The maximum Gasteiger partial charge on any atom is 1.00 e. The Morgan fingerprint density at radius 3 is 1.48 bits per heavy atom. The second-order valence-electron chi connectivity index (χ2n) is 5.72. The van der Waals surface area contributed by atoms with Crippen molar-refractivity contribution in [2.75, 3.05) is 13.2 Å². The van der Waals surface area contributed by atoms with Crippen LogP contribution in [0.15, 0.2) is 0 Å². The second-order valence-corrected chi connectivity index (χ2v) is 7.13. The molecule has 4 nitrogen and oxygen atoms in total. The fourth-order valence-corrected chi connectivity index (χ4v) is 2.34. The van der Waals surface area contributed by atoms with Crippen LogP contribution in [0.1, 0.15) is 26.2 Å². The summed E-state index contributed by atoms with van der Waals surface area (Å²) in [5.74, 6) is -37.7. The van der Waals surface area contributed by atoms with E-state index in [1.807, 2.05) is 0 Å². The second kappa shape index (κ2) is 10.6. The largest absolute Gasteiger partial charge is 1.00 e. The van der Waals surface area contributed by atoms with Crippen LogP contribution in [0.25, 0.3) is 0 Å². The SMILES string of the molecule is CCCCOP(=O)([O-])OCCC(F)(F)C(F)(F)C(F)(F)C(F)(F)C(F)(F)C(F)(F)F.[Na+]. The van der Waals surface area contributed by atoms with Crippen molar-refractivity contribution in [3.05, 3.63) is 0 Å². The summed E-state index contributed by atoms with van der Waals surface area (Å²) in [5, 5.41) is 0. The molecule has 0 rings (SSSR count). The average Bonchev–Trinajstić information content (AvgIpc) is 2.52. The van der Waals surface area contributed by atoms with Crippen molar-refractivity contribution in [2.24, 2.45) is 0 Å². The van der Waals surface area contributed by atoms with Crippen molar-refractivity contribution < 1.29 is 105 Å². The summed E-state index contributed by atoms with van der Waals surface area (Å²) in [6.07, 6.45) is -9.82. The van der Waals surface area contributed by atoms with Crippen molar-refractivity contribution in [3.8, 4) is 0 Å². The first-order valence-electron chi connectivity index (χ1n) is 7.58. The van der Waals surface area contributed by atoms with Crippen LogP contribution in [0.3, 0.4) is 0 Å². The first-order chi connectivity index (χ1) is 13.0. The van der Waals surface area contributed by atoms with E-state index in [1.54, 1.807) is 6.92 Å². The number of rotatable bonds is 12. The predicted octanol–water partition coefficient (Wildman–Crippen LogP) is 2.42. The van der Waals surface area contributed by atoms with E-state index < -0.39 is 63.2 Å². The summed E-state index contributed by atoms with van der Waals surface area (Å²) < 4.78 is 186. The van der Waals surface area contributed by atoms with Gasteiger partial charge in [-0.25, -0.2) is 0 Å². The Labute approximate surface area is 188 Å². The summed E-state index contributed by atoms with van der Waals surface area (Å²) >= 11 is 0. The Hall–Kier alpha value is 0.200. The first-order valence-corrected chi connectivity index (χ1v) is 9.04. The monoisotopic (exact) mass is 522 g/mol. The minimum atomic E-state index is -8.01. The van der Waals surface area contributed by atoms with Gasteiger partial charge in [-0.15, -0.1) is 0 Å². The van der Waals surface area contributed by atoms with Gasteiger partial charge in [0.2, 0.25) is 0 Å².